The minimum atomic E-state index is -0.615. The maximum absolute atomic E-state index is 12.5. The van der Waals surface area contributed by atoms with Crippen molar-refractivity contribution in [3.8, 4) is 5.75 Å². The number of rotatable bonds is 8. The Labute approximate surface area is 212 Å². The lowest BCUT2D eigenvalue weighted by molar-refractivity contribution is -0.155. The highest BCUT2D eigenvalue weighted by atomic mass is 16.6. The second-order valence-corrected chi connectivity index (χ2v) is 10.2. The van der Waals surface area contributed by atoms with Crippen LogP contribution in [0.25, 0.3) is 0 Å². The third-order valence-electron chi connectivity index (χ3n) is 5.51. The number of carbonyl (C=O) groups excluding carboxylic acids is 3. The summed E-state index contributed by atoms with van der Waals surface area (Å²) in [5, 5.41) is 4.72. The van der Waals surface area contributed by atoms with Gasteiger partial charge in [-0.25, -0.2) is 14.8 Å². The topological polar surface area (TPSA) is 116 Å². The van der Waals surface area contributed by atoms with E-state index in [1.165, 1.54) is 4.90 Å². The van der Waals surface area contributed by atoms with Gasteiger partial charge in [-0.15, -0.1) is 0 Å². The van der Waals surface area contributed by atoms with Crippen molar-refractivity contribution >= 4 is 29.6 Å². The Morgan fingerprint density at radius 1 is 1.14 bits per heavy atom. The third kappa shape index (κ3) is 8.40. The van der Waals surface area contributed by atoms with Gasteiger partial charge in [0.05, 0.1) is 12.3 Å². The SMILES string of the molecule is CN(C)C(=O)NC1=Nc2cc(OCCCC(=O)NN3CCCC3)ccc2CN1CC(=O)OC(C)(C)C. The van der Waals surface area contributed by atoms with Crippen LogP contribution in [0.4, 0.5) is 10.5 Å². The third-order valence-corrected chi connectivity index (χ3v) is 5.51. The summed E-state index contributed by atoms with van der Waals surface area (Å²) in [6.45, 7) is 7.94. The molecule has 2 aliphatic heterocycles. The number of fused-ring (bicyclic) bond motifs is 1. The second-order valence-electron chi connectivity index (χ2n) is 10.2. The fourth-order valence-corrected chi connectivity index (χ4v) is 3.80. The minimum absolute atomic E-state index is 0.00175. The highest BCUT2D eigenvalue weighted by Crippen LogP contribution is 2.30. The highest BCUT2D eigenvalue weighted by Gasteiger charge is 2.27. The molecule has 0 radical (unpaired) electrons. The van der Waals surface area contributed by atoms with Crippen LogP contribution in [-0.4, -0.2) is 84.6 Å². The standard InChI is InChI=1S/C25H38N6O5/c1-25(2,3)36-22(33)17-30-16-18-10-11-19(15-20(18)26-23(30)27-24(34)29(4)5)35-14-8-9-21(32)28-31-12-6-7-13-31/h10-11,15H,6-9,12-14,16-17H2,1-5H3,(H,28,32)(H,26,27,34). The number of nitrogens with one attached hydrogen (secondary N) is 2. The number of nitrogens with zero attached hydrogens (tertiary/aromatic N) is 4. The molecule has 3 rings (SSSR count). The van der Waals surface area contributed by atoms with Crippen LogP contribution in [0.5, 0.6) is 5.75 Å². The molecule has 1 saturated heterocycles. The Hall–Kier alpha value is -3.34. The van der Waals surface area contributed by atoms with Gasteiger partial charge in [0.1, 0.15) is 17.9 Å². The lowest BCUT2D eigenvalue weighted by atomic mass is 10.1. The monoisotopic (exact) mass is 502 g/mol. The Balaban J connectivity index is 1.61. The zero-order valence-electron chi connectivity index (χ0n) is 21.9. The molecular weight excluding hydrogens is 464 g/mol. The van der Waals surface area contributed by atoms with Crippen LogP contribution in [0.1, 0.15) is 52.0 Å². The van der Waals surface area contributed by atoms with E-state index in [4.69, 9.17) is 9.47 Å². The number of ether oxygens (including phenoxy) is 2. The van der Waals surface area contributed by atoms with Crippen LogP contribution in [0.2, 0.25) is 0 Å². The van der Waals surface area contributed by atoms with E-state index in [1.54, 1.807) is 45.8 Å². The molecule has 1 aromatic carbocycles. The fraction of sp³-hybridized carbons (Fsp3) is 0.600. The average molecular weight is 503 g/mol. The van der Waals surface area contributed by atoms with Crippen molar-refractivity contribution in [2.24, 2.45) is 4.99 Å². The van der Waals surface area contributed by atoms with Crippen LogP contribution in [0.3, 0.4) is 0 Å². The number of benzene rings is 1. The number of amides is 3. The van der Waals surface area contributed by atoms with Gasteiger partial charge < -0.3 is 19.3 Å². The first-order valence-electron chi connectivity index (χ1n) is 12.3. The number of esters is 1. The summed E-state index contributed by atoms with van der Waals surface area (Å²) in [5.74, 6) is 0.479. The number of guanidine groups is 1. The van der Waals surface area contributed by atoms with E-state index in [0.29, 0.717) is 37.4 Å². The van der Waals surface area contributed by atoms with E-state index in [9.17, 15) is 14.4 Å². The number of hydrogen-bond acceptors (Lipinski definition) is 8. The molecule has 2 heterocycles. The van der Waals surface area contributed by atoms with Gasteiger partial charge in [0.2, 0.25) is 11.9 Å². The quantitative estimate of drug-likeness (QED) is 0.414. The van der Waals surface area contributed by atoms with Gasteiger partial charge in [0.25, 0.3) is 0 Å². The first kappa shape index (κ1) is 27.3. The van der Waals surface area contributed by atoms with Crippen LogP contribution in [0.15, 0.2) is 23.2 Å². The highest BCUT2D eigenvalue weighted by molar-refractivity contribution is 5.99. The van der Waals surface area contributed by atoms with Crippen molar-refractivity contribution in [1.29, 1.82) is 0 Å². The molecule has 198 valence electrons. The molecule has 0 aliphatic carbocycles. The van der Waals surface area contributed by atoms with Crippen molar-refractivity contribution in [2.45, 2.75) is 58.6 Å². The maximum atomic E-state index is 12.5. The average Bonchev–Trinajstić information content (AvgIpc) is 3.28. The Bertz CT molecular complexity index is 982. The molecule has 0 aromatic heterocycles. The number of carbonyl (C=O) groups is 3. The molecule has 1 fully saturated rings. The van der Waals surface area contributed by atoms with Gasteiger partial charge in [-0.2, -0.15) is 0 Å². The van der Waals surface area contributed by atoms with Crippen molar-refractivity contribution in [3.05, 3.63) is 23.8 Å². The number of hydrogen-bond donors (Lipinski definition) is 2. The number of urea groups is 1. The normalized spacial score (nSPS) is 15.6. The summed E-state index contributed by atoms with van der Waals surface area (Å²) < 4.78 is 11.3. The van der Waals surface area contributed by atoms with E-state index >= 15 is 0 Å². The molecule has 0 bridgehead atoms. The van der Waals surface area contributed by atoms with Crippen LogP contribution in [0, 0.1) is 0 Å². The summed E-state index contributed by atoms with van der Waals surface area (Å²) >= 11 is 0. The van der Waals surface area contributed by atoms with E-state index < -0.39 is 11.6 Å². The first-order valence-corrected chi connectivity index (χ1v) is 12.3. The molecule has 0 saturated carbocycles. The molecule has 0 atom stereocenters. The summed E-state index contributed by atoms with van der Waals surface area (Å²) in [6, 6.07) is 5.17. The van der Waals surface area contributed by atoms with E-state index in [1.807, 2.05) is 17.1 Å². The zero-order valence-corrected chi connectivity index (χ0v) is 21.9. The largest absolute Gasteiger partial charge is 0.494 e. The molecular formula is C25H38N6O5. The van der Waals surface area contributed by atoms with Crippen molar-refractivity contribution in [3.63, 3.8) is 0 Å². The van der Waals surface area contributed by atoms with Gasteiger partial charge in [-0.1, -0.05) is 6.07 Å². The van der Waals surface area contributed by atoms with Crippen LogP contribution < -0.4 is 15.5 Å². The molecule has 11 nitrogen and oxygen atoms in total. The van der Waals surface area contributed by atoms with Crippen molar-refractivity contribution in [2.75, 3.05) is 40.3 Å². The van der Waals surface area contributed by atoms with Gasteiger partial charge in [-0.05, 0) is 51.7 Å². The second kappa shape index (κ2) is 12.1. The summed E-state index contributed by atoms with van der Waals surface area (Å²) in [5.41, 5.74) is 3.84. The van der Waals surface area contributed by atoms with E-state index in [2.05, 4.69) is 15.7 Å². The summed E-state index contributed by atoms with van der Waals surface area (Å²) in [7, 11) is 3.25. The molecule has 2 N–H and O–H groups in total. The maximum Gasteiger partial charge on any atom is 0.326 e. The Kier molecular flexibility index (Phi) is 9.14. The molecule has 3 amide bonds. The van der Waals surface area contributed by atoms with Crippen LogP contribution in [-0.2, 0) is 20.9 Å². The minimum Gasteiger partial charge on any atom is -0.494 e. The Morgan fingerprint density at radius 3 is 2.53 bits per heavy atom. The molecule has 1 aromatic rings. The number of aliphatic imine (C=N–C) groups is 1. The Morgan fingerprint density at radius 2 is 1.86 bits per heavy atom. The van der Waals surface area contributed by atoms with Gasteiger partial charge >= 0.3 is 12.0 Å². The van der Waals surface area contributed by atoms with Crippen LogP contribution >= 0.6 is 0 Å². The lowest BCUT2D eigenvalue weighted by Crippen LogP contribution is -2.50. The molecule has 2 aliphatic rings. The van der Waals surface area contributed by atoms with Crippen molar-refractivity contribution < 1.29 is 23.9 Å². The molecule has 0 unspecified atom stereocenters. The van der Waals surface area contributed by atoms with E-state index in [0.717, 1.165) is 31.5 Å². The smallest absolute Gasteiger partial charge is 0.326 e. The summed E-state index contributed by atoms with van der Waals surface area (Å²) in [6.07, 6.45) is 3.21. The first-order chi connectivity index (χ1) is 17.0. The zero-order chi connectivity index (χ0) is 26.3. The molecule has 36 heavy (non-hydrogen) atoms. The van der Waals surface area contributed by atoms with E-state index in [-0.39, 0.29) is 24.4 Å². The van der Waals surface area contributed by atoms with Gasteiger partial charge in [0.15, 0.2) is 0 Å². The lowest BCUT2D eigenvalue weighted by Gasteiger charge is -2.31. The number of hydrazine groups is 1. The van der Waals surface area contributed by atoms with Crippen molar-refractivity contribution in [1.82, 2.24) is 25.6 Å². The predicted octanol–water partition coefficient (Wildman–Crippen LogP) is 2.39. The molecule has 11 heteroatoms. The molecule has 0 spiro atoms. The fourth-order valence-electron chi connectivity index (χ4n) is 3.80. The van der Waals surface area contributed by atoms with Gasteiger partial charge in [-0.3, -0.25) is 20.3 Å². The summed E-state index contributed by atoms with van der Waals surface area (Å²) in [4.78, 5) is 44.5. The predicted molar refractivity (Wildman–Crippen MR) is 136 cm³/mol. The van der Waals surface area contributed by atoms with Gasteiger partial charge in [0, 0.05) is 46.2 Å².